The molecule has 0 aliphatic rings. The summed E-state index contributed by atoms with van der Waals surface area (Å²) in [6, 6.07) is 1.39. The Morgan fingerprint density at radius 3 is 2.62 bits per heavy atom. The molecule has 114 valence electrons. The maximum atomic E-state index is 10.8. The van der Waals surface area contributed by atoms with Crippen LogP contribution in [0.15, 0.2) is 17.5 Å². The highest BCUT2D eigenvalue weighted by molar-refractivity contribution is 6.42. The number of ether oxygens (including phenoxy) is 2. The highest BCUT2D eigenvalue weighted by Crippen LogP contribution is 1.87. The molecule has 0 bridgehead atoms. The number of hydrogen-bond acceptors (Lipinski definition) is 8. The summed E-state index contributed by atoms with van der Waals surface area (Å²) < 4.78 is 9.26. The number of carboxylic acids is 1. The average Bonchev–Trinajstić information content (AvgIpc) is 3.00. The van der Waals surface area contributed by atoms with E-state index in [1.54, 1.807) is 0 Å². The van der Waals surface area contributed by atoms with Gasteiger partial charge in [0.25, 0.3) is 5.71 Å². The molecule has 0 spiro atoms. The summed E-state index contributed by atoms with van der Waals surface area (Å²) in [5.74, 6) is -1.99. The molecular weight excluding hydrogens is 284 g/mol. The number of nitrogens with zero attached hydrogens (tertiary/aromatic N) is 3. The lowest BCUT2D eigenvalue weighted by Crippen LogP contribution is -2.17. The number of methoxy groups -OCH3 is 1. The maximum Gasteiger partial charge on any atom is 0.371 e. The Hall–Kier alpha value is -2.93. The summed E-state index contributed by atoms with van der Waals surface area (Å²) in [5, 5.41) is 27.0. The lowest BCUT2D eigenvalue weighted by molar-refractivity contribution is -0.135. The van der Waals surface area contributed by atoms with Crippen LogP contribution in [0.3, 0.4) is 0 Å². The molecule has 0 amide bonds. The topological polar surface area (TPSA) is 158 Å². The number of rotatable bonds is 6. The maximum absolute atomic E-state index is 10.8. The number of aromatic nitrogens is 2. The van der Waals surface area contributed by atoms with Crippen molar-refractivity contribution in [2.45, 2.75) is 6.42 Å². The van der Waals surface area contributed by atoms with E-state index >= 15 is 0 Å². The molecule has 1 aromatic heterocycles. The van der Waals surface area contributed by atoms with Gasteiger partial charge in [-0.05, 0) is 0 Å². The number of nitrogens with one attached hydrogen (secondary N) is 1. The minimum atomic E-state index is -1.03. The third-order valence-corrected chi connectivity index (χ3v) is 1.83. The minimum absolute atomic E-state index is 0.0231. The Balaban J connectivity index is 0.000000423. The van der Waals surface area contributed by atoms with Gasteiger partial charge in [-0.3, -0.25) is 0 Å². The van der Waals surface area contributed by atoms with Crippen molar-refractivity contribution >= 4 is 17.7 Å². The number of H-pyrrole nitrogens is 1. The van der Waals surface area contributed by atoms with Gasteiger partial charge in [0.05, 0.1) is 6.61 Å². The van der Waals surface area contributed by atoms with E-state index in [0.29, 0.717) is 13.0 Å². The van der Waals surface area contributed by atoms with Crippen LogP contribution in [-0.4, -0.2) is 58.3 Å². The van der Waals surface area contributed by atoms with Crippen LogP contribution in [0.5, 0.6) is 0 Å². The number of aromatic amines is 1. The normalized spacial score (nSPS) is 10.0. The average molecular weight is 298 g/mol. The molecule has 0 atom stereocenters. The van der Waals surface area contributed by atoms with E-state index in [1.807, 2.05) is 0 Å². The molecule has 0 saturated heterocycles. The van der Waals surface area contributed by atoms with Crippen molar-refractivity contribution in [3.05, 3.63) is 18.2 Å². The zero-order chi connectivity index (χ0) is 16.1. The monoisotopic (exact) mass is 298 g/mol. The minimum Gasteiger partial charge on any atom is -0.475 e. The van der Waals surface area contributed by atoms with Crippen molar-refractivity contribution in [2.24, 2.45) is 5.16 Å². The van der Waals surface area contributed by atoms with E-state index in [-0.39, 0.29) is 12.4 Å². The molecule has 0 aromatic carbocycles. The fourth-order valence-electron chi connectivity index (χ4n) is 0.928. The first-order valence-electron chi connectivity index (χ1n) is 5.57. The highest BCUT2D eigenvalue weighted by atomic mass is 16.5. The first-order chi connectivity index (χ1) is 10.1. The van der Waals surface area contributed by atoms with Crippen LogP contribution in [0.2, 0.25) is 0 Å². The molecule has 0 saturated carbocycles. The molecule has 0 aliphatic heterocycles. The van der Waals surface area contributed by atoms with Crippen molar-refractivity contribution in [2.75, 3.05) is 20.3 Å². The summed E-state index contributed by atoms with van der Waals surface area (Å²) in [7, 11) is 1.53. The SMILES string of the molecule is COCCCOC(=O)C(C#N)=NO.O=C(O)c1ncc[nH]1. The Morgan fingerprint density at radius 1 is 1.52 bits per heavy atom. The summed E-state index contributed by atoms with van der Waals surface area (Å²) in [6.07, 6.45) is 3.39. The smallest absolute Gasteiger partial charge is 0.371 e. The Kier molecular flexibility index (Phi) is 9.42. The van der Waals surface area contributed by atoms with Gasteiger partial charge in [0.1, 0.15) is 6.07 Å². The first-order valence-corrected chi connectivity index (χ1v) is 5.57. The molecule has 10 nitrogen and oxygen atoms in total. The second-order valence-corrected chi connectivity index (χ2v) is 3.29. The number of carboxylic acid groups (broad SMARTS) is 1. The van der Waals surface area contributed by atoms with Gasteiger partial charge in [-0.25, -0.2) is 14.6 Å². The lowest BCUT2D eigenvalue weighted by atomic mass is 10.4. The molecule has 0 radical (unpaired) electrons. The van der Waals surface area contributed by atoms with E-state index < -0.39 is 17.7 Å². The van der Waals surface area contributed by atoms with Gasteiger partial charge in [0.15, 0.2) is 0 Å². The van der Waals surface area contributed by atoms with E-state index in [2.05, 4.69) is 19.9 Å². The predicted molar refractivity (Wildman–Crippen MR) is 67.8 cm³/mol. The standard InChI is InChI=1S/C7H10N2O4.C4H4N2O2/c1-12-3-2-4-13-7(10)6(5-8)9-11;7-4(8)3-5-1-2-6-3/h11H,2-4H2,1H3;1-2H,(H,5,6)(H,7,8). The van der Waals surface area contributed by atoms with E-state index in [9.17, 15) is 9.59 Å². The summed E-state index contributed by atoms with van der Waals surface area (Å²) >= 11 is 0. The van der Waals surface area contributed by atoms with Crippen LogP contribution >= 0.6 is 0 Å². The molecular formula is C11H14N4O6. The van der Waals surface area contributed by atoms with Crippen LogP contribution in [0, 0.1) is 11.3 Å². The van der Waals surface area contributed by atoms with Crippen LogP contribution in [0.4, 0.5) is 0 Å². The Bertz CT molecular complexity index is 505. The number of aromatic carboxylic acids is 1. The quantitative estimate of drug-likeness (QED) is 0.218. The predicted octanol–water partition coefficient (Wildman–Crippen LogP) is 0.0278. The second-order valence-electron chi connectivity index (χ2n) is 3.29. The van der Waals surface area contributed by atoms with Gasteiger partial charge in [-0.15, -0.1) is 0 Å². The highest BCUT2D eigenvalue weighted by Gasteiger charge is 2.12. The van der Waals surface area contributed by atoms with E-state index in [4.69, 9.17) is 20.3 Å². The third kappa shape index (κ3) is 7.96. The number of esters is 1. The Labute approximate surface area is 119 Å². The van der Waals surface area contributed by atoms with Gasteiger partial charge < -0.3 is 24.8 Å². The molecule has 21 heavy (non-hydrogen) atoms. The van der Waals surface area contributed by atoms with Crippen molar-refractivity contribution in [3.8, 4) is 6.07 Å². The van der Waals surface area contributed by atoms with Crippen LogP contribution in [0.1, 0.15) is 17.0 Å². The molecule has 0 fully saturated rings. The van der Waals surface area contributed by atoms with E-state index in [1.165, 1.54) is 25.6 Å². The van der Waals surface area contributed by atoms with Crippen molar-refractivity contribution < 1.29 is 29.4 Å². The second kappa shape index (κ2) is 10.9. The van der Waals surface area contributed by atoms with Crippen molar-refractivity contribution in [1.82, 2.24) is 9.97 Å². The molecule has 0 unspecified atom stereocenters. The fraction of sp³-hybridized carbons (Fsp3) is 0.364. The van der Waals surface area contributed by atoms with Crippen molar-refractivity contribution in [1.29, 1.82) is 5.26 Å². The third-order valence-electron chi connectivity index (χ3n) is 1.83. The first kappa shape index (κ1) is 18.1. The Morgan fingerprint density at radius 2 is 2.24 bits per heavy atom. The number of imidazole rings is 1. The van der Waals surface area contributed by atoms with Crippen LogP contribution < -0.4 is 0 Å². The molecule has 3 N–H and O–H groups in total. The molecule has 10 heteroatoms. The zero-order valence-corrected chi connectivity index (χ0v) is 11.1. The van der Waals surface area contributed by atoms with Crippen molar-refractivity contribution in [3.63, 3.8) is 0 Å². The molecule has 1 rings (SSSR count). The summed E-state index contributed by atoms with van der Waals surface area (Å²) in [6.45, 7) is 0.596. The zero-order valence-electron chi connectivity index (χ0n) is 11.1. The number of carbonyl (C=O) groups excluding carboxylic acids is 1. The van der Waals surface area contributed by atoms with Gasteiger partial charge in [-0.1, -0.05) is 5.16 Å². The van der Waals surface area contributed by atoms with Gasteiger partial charge in [0.2, 0.25) is 5.82 Å². The van der Waals surface area contributed by atoms with Crippen LogP contribution in [-0.2, 0) is 14.3 Å². The van der Waals surface area contributed by atoms with Gasteiger partial charge in [-0.2, -0.15) is 5.26 Å². The van der Waals surface area contributed by atoms with Gasteiger partial charge >= 0.3 is 11.9 Å². The van der Waals surface area contributed by atoms with Gasteiger partial charge in [0, 0.05) is 32.5 Å². The number of nitriles is 1. The largest absolute Gasteiger partial charge is 0.475 e. The fourth-order valence-corrected chi connectivity index (χ4v) is 0.928. The van der Waals surface area contributed by atoms with E-state index in [0.717, 1.165) is 0 Å². The number of hydrogen-bond donors (Lipinski definition) is 3. The summed E-state index contributed by atoms with van der Waals surface area (Å²) in [5.41, 5.74) is -0.655. The number of oxime groups is 1. The molecule has 0 aliphatic carbocycles. The number of carbonyl (C=O) groups is 2. The molecule has 1 heterocycles. The lowest BCUT2D eigenvalue weighted by Gasteiger charge is -2.00. The summed E-state index contributed by atoms with van der Waals surface area (Å²) in [4.78, 5) is 26.6. The molecule has 1 aromatic rings. The van der Waals surface area contributed by atoms with Crippen LogP contribution in [0.25, 0.3) is 0 Å².